The SMILES string of the molecule is Cc1ncc2c(n1)CCN(Cc1cn[nH]c1-c1ccccc1)C2. The Hall–Kier alpha value is -2.53. The Morgan fingerprint density at radius 1 is 1.17 bits per heavy atom. The molecule has 0 aliphatic carbocycles. The van der Waals surface area contributed by atoms with Crippen molar-refractivity contribution >= 4 is 0 Å². The van der Waals surface area contributed by atoms with Crippen LogP contribution in [0.2, 0.25) is 0 Å². The Morgan fingerprint density at radius 2 is 2.04 bits per heavy atom. The molecule has 0 atom stereocenters. The van der Waals surface area contributed by atoms with Gasteiger partial charge in [-0.2, -0.15) is 5.10 Å². The number of aromatic amines is 1. The summed E-state index contributed by atoms with van der Waals surface area (Å²) in [4.78, 5) is 11.3. The Bertz CT molecular complexity index is 809. The number of nitrogens with zero attached hydrogens (tertiary/aromatic N) is 4. The quantitative estimate of drug-likeness (QED) is 0.808. The first-order valence-corrected chi connectivity index (χ1v) is 7.91. The molecule has 1 N–H and O–H groups in total. The molecular formula is C18H19N5. The minimum absolute atomic E-state index is 0.860. The third-order valence-electron chi connectivity index (χ3n) is 4.31. The van der Waals surface area contributed by atoms with E-state index in [1.165, 1.54) is 22.4 Å². The maximum Gasteiger partial charge on any atom is 0.125 e. The third kappa shape index (κ3) is 2.87. The summed E-state index contributed by atoms with van der Waals surface area (Å²) >= 11 is 0. The molecule has 0 unspecified atom stereocenters. The van der Waals surface area contributed by atoms with Crippen molar-refractivity contribution in [3.8, 4) is 11.3 Å². The maximum absolute atomic E-state index is 4.55. The molecule has 1 aliphatic rings. The van der Waals surface area contributed by atoms with Crippen LogP contribution in [0.3, 0.4) is 0 Å². The first kappa shape index (κ1) is 14.1. The van der Waals surface area contributed by atoms with Gasteiger partial charge in [0, 0.05) is 49.1 Å². The van der Waals surface area contributed by atoms with E-state index in [0.29, 0.717) is 0 Å². The van der Waals surface area contributed by atoms with E-state index in [1.807, 2.05) is 25.4 Å². The highest BCUT2D eigenvalue weighted by Gasteiger charge is 2.19. The fourth-order valence-electron chi connectivity index (χ4n) is 3.14. The summed E-state index contributed by atoms with van der Waals surface area (Å²) in [7, 11) is 0. The van der Waals surface area contributed by atoms with Gasteiger partial charge in [0.05, 0.1) is 11.9 Å². The number of hydrogen-bond acceptors (Lipinski definition) is 4. The molecule has 0 bridgehead atoms. The van der Waals surface area contributed by atoms with Crippen LogP contribution in [0.1, 0.15) is 22.6 Å². The van der Waals surface area contributed by atoms with Gasteiger partial charge in [-0.15, -0.1) is 0 Å². The minimum atomic E-state index is 0.860. The van der Waals surface area contributed by atoms with E-state index >= 15 is 0 Å². The summed E-state index contributed by atoms with van der Waals surface area (Å²) in [6, 6.07) is 10.4. The summed E-state index contributed by atoms with van der Waals surface area (Å²) in [6.45, 7) is 4.75. The number of benzene rings is 1. The summed E-state index contributed by atoms with van der Waals surface area (Å²) in [5.41, 5.74) is 5.96. The molecule has 0 fully saturated rings. The average molecular weight is 305 g/mol. The van der Waals surface area contributed by atoms with Gasteiger partial charge in [0.1, 0.15) is 5.82 Å². The van der Waals surface area contributed by atoms with E-state index in [-0.39, 0.29) is 0 Å². The van der Waals surface area contributed by atoms with Crippen molar-refractivity contribution < 1.29 is 0 Å². The number of nitrogens with one attached hydrogen (secondary N) is 1. The van der Waals surface area contributed by atoms with E-state index in [0.717, 1.165) is 37.6 Å². The largest absolute Gasteiger partial charge is 0.294 e. The second-order valence-electron chi connectivity index (χ2n) is 5.99. The molecular weight excluding hydrogens is 286 g/mol. The zero-order chi connectivity index (χ0) is 15.6. The fourth-order valence-corrected chi connectivity index (χ4v) is 3.14. The van der Waals surface area contributed by atoms with Gasteiger partial charge in [-0.05, 0) is 12.5 Å². The van der Waals surface area contributed by atoms with Gasteiger partial charge in [0.25, 0.3) is 0 Å². The van der Waals surface area contributed by atoms with E-state index in [9.17, 15) is 0 Å². The third-order valence-corrected chi connectivity index (χ3v) is 4.31. The zero-order valence-electron chi connectivity index (χ0n) is 13.2. The lowest BCUT2D eigenvalue weighted by atomic mass is 10.0. The Morgan fingerprint density at radius 3 is 2.91 bits per heavy atom. The Kier molecular flexibility index (Phi) is 3.63. The monoisotopic (exact) mass is 305 g/mol. The molecule has 0 radical (unpaired) electrons. The van der Waals surface area contributed by atoms with Crippen LogP contribution < -0.4 is 0 Å². The van der Waals surface area contributed by atoms with Crippen LogP contribution in [0.15, 0.2) is 42.7 Å². The first-order chi connectivity index (χ1) is 11.3. The lowest BCUT2D eigenvalue weighted by molar-refractivity contribution is 0.243. The average Bonchev–Trinajstić information content (AvgIpc) is 3.04. The summed E-state index contributed by atoms with van der Waals surface area (Å²) < 4.78 is 0. The Balaban J connectivity index is 1.54. The standard InChI is InChI=1S/C18H19N5/c1-13-19-9-15-11-23(8-7-17(15)21-13)12-16-10-20-22-18(16)14-5-3-2-4-6-14/h2-6,9-10H,7-8,11-12H2,1H3,(H,20,22). The highest BCUT2D eigenvalue weighted by Crippen LogP contribution is 2.24. The van der Waals surface area contributed by atoms with Gasteiger partial charge in [-0.25, -0.2) is 9.97 Å². The lowest BCUT2D eigenvalue weighted by Gasteiger charge is -2.27. The summed E-state index contributed by atoms with van der Waals surface area (Å²) in [5.74, 6) is 0.860. The number of hydrogen-bond donors (Lipinski definition) is 1. The van der Waals surface area contributed by atoms with E-state index in [1.54, 1.807) is 0 Å². The minimum Gasteiger partial charge on any atom is -0.294 e. The van der Waals surface area contributed by atoms with Crippen LogP contribution in [0.4, 0.5) is 0 Å². The van der Waals surface area contributed by atoms with E-state index in [4.69, 9.17) is 0 Å². The number of rotatable bonds is 3. The van der Waals surface area contributed by atoms with E-state index < -0.39 is 0 Å². The molecule has 1 aromatic carbocycles. The predicted molar refractivity (Wildman–Crippen MR) is 88.6 cm³/mol. The predicted octanol–water partition coefficient (Wildman–Crippen LogP) is 2.73. The highest BCUT2D eigenvalue weighted by atomic mass is 15.2. The van der Waals surface area contributed by atoms with Gasteiger partial charge < -0.3 is 0 Å². The molecule has 5 nitrogen and oxygen atoms in total. The topological polar surface area (TPSA) is 57.7 Å². The van der Waals surface area contributed by atoms with Gasteiger partial charge in [-0.3, -0.25) is 10.00 Å². The van der Waals surface area contributed by atoms with Gasteiger partial charge in [-0.1, -0.05) is 30.3 Å². The maximum atomic E-state index is 4.55. The lowest BCUT2D eigenvalue weighted by Crippen LogP contribution is -2.31. The summed E-state index contributed by atoms with van der Waals surface area (Å²) in [6.07, 6.45) is 4.89. The number of aryl methyl sites for hydroxylation is 1. The van der Waals surface area contributed by atoms with Crippen molar-refractivity contribution in [3.05, 3.63) is 65.4 Å². The zero-order valence-corrected chi connectivity index (χ0v) is 13.2. The van der Waals surface area contributed by atoms with Crippen LogP contribution >= 0.6 is 0 Å². The van der Waals surface area contributed by atoms with Gasteiger partial charge >= 0.3 is 0 Å². The summed E-state index contributed by atoms with van der Waals surface area (Å²) in [5, 5.41) is 7.38. The van der Waals surface area contributed by atoms with Crippen molar-refractivity contribution in [1.82, 2.24) is 25.1 Å². The normalized spacial score (nSPS) is 14.7. The van der Waals surface area contributed by atoms with Crippen molar-refractivity contribution in [3.63, 3.8) is 0 Å². The molecule has 2 aromatic heterocycles. The van der Waals surface area contributed by atoms with Crippen molar-refractivity contribution in [2.75, 3.05) is 6.54 Å². The second kappa shape index (κ2) is 5.93. The van der Waals surface area contributed by atoms with Crippen molar-refractivity contribution in [2.24, 2.45) is 0 Å². The molecule has 23 heavy (non-hydrogen) atoms. The van der Waals surface area contributed by atoms with Crippen LogP contribution in [0.5, 0.6) is 0 Å². The molecule has 4 rings (SSSR count). The second-order valence-corrected chi connectivity index (χ2v) is 5.99. The molecule has 116 valence electrons. The molecule has 0 amide bonds. The molecule has 5 heteroatoms. The molecule has 0 saturated heterocycles. The fraction of sp³-hybridized carbons (Fsp3) is 0.278. The first-order valence-electron chi connectivity index (χ1n) is 7.91. The van der Waals surface area contributed by atoms with Crippen molar-refractivity contribution in [2.45, 2.75) is 26.4 Å². The molecule has 0 spiro atoms. The number of aromatic nitrogens is 4. The van der Waals surface area contributed by atoms with Gasteiger partial charge in [0.15, 0.2) is 0 Å². The number of fused-ring (bicyclic) bond motifs is 1. The highest BCUT2D eigenvalue weighted by molar-refractivity contribution is 5.62. The van der Waals surface area contributed by atoms with Crippen LogP contribution in [0, 0.1) is 6.92 Å². The molecule has 3 aromatic rings. The van der Waals surface area contributed by atoms with E-state index in [2.05, 4.69) is 49.3 Å². The molecule has 0 saturated carbocycles. The van der Waals surface area contributed by atoms with Gasteiger partial charge in [0.2, 0.25) is 0 Å². The number of H-pyrrole nitrogens is 1. The van der Waals surface area contributed by atoms with Crippen LogP contribution in [-0.2, 0) is 19.5 Å². The van der Waals surface area contributed by atoms with Crippen LogP contribution in [-0.4, -0.2) is 31.6 Å². The van der Waals surface area contributed by atoms with Crippen LogP contribution in [0.25, 0.3) is 11.3 Å². The Labute approximate surface area is 135 Å². The molecule has 1 aliphatic heterocycles. The molecule has 3 heterocycles. The smallest absolute Gasteiger partial charge is 0.125 e. The van der Waals surface area contributed by atoms with Crippen molar-refractivity contribution in [1.29, 1.82) is 0 Å².